The van der Waals surface area contributed by atoms with Crippen LogP contribution in [0.5, 0.6) is 0 Å². The lowest BCUT2D eigenvalue weighted by atomic mass is 9.86. The van der Waals surface area contributed by atoms with E-state index in [4.69, 9.17) is 0 Å². The van der Waals surface area contributed by atoms with E-state index in [1.807, 2.05) is 6.07 Å². The van der Waals surface area contributed by atoms with Crippen LogP contribution in [0.4, 0.5) is 0 Å². The van der Waals surface area contributed by atoms with Crippen molar-refractivity contribution in [2.75, 3.05) is 0 Å². The minimum absolute atomic E-state index is 0.691. The zero-order valence-electron chi connectivity index (χ0n) is 12.1. The lowest BCUT2D eigenvalue weighted by Crippen LogP contribution is -2.36. The fraction of sp³-hybridized carbons (Fsp3) is 0.471. The summed E-state index contributed by atoms with van der Waals surface area (Å²) in [6, 6.07) is 11.4. The number of benzene rings is 1. The summed E-state index contributed by atoms with van der Waals surface area (Å²) in [4.78, 5) is 0. The average Bonchev–Trinajstić information content (AvgIpc) is 3.01. The number of H-pyrrole nitrogens is 1. The molecule has 3 heteroatoms. The molecular weight excluding hydrogens is 246 g/mol. The van der Waals surface area contributed by atoms with Gasteiger partial charge in [0.25, 0.3) is 0 Å². The van der Waals surface area contributed by atoms with E-state index in [2.05, 4.69) is 46.7 Å². The highest BCUT2D eigenvalue weighted by atomic mass is 15.1. The Labute approximate surface area is 120 Å². The van der Waals surface area contributed by atoms with E-state index in [-0.39, 0.29) is 0 Å². The maximum absolute atomic E-state index is 3.99. The summed E-state index contributed by atoms with van der Waals surface area (Å²) in [6.07, 6.45) is 7.26. The molecule has 20 heavy (non-hydrogen) atoms. The summed E-state index contributed by atoms with van der Waals surface area (Å²) in [7, 11) is 0. The summed E-state index contributed by atoms with van der Waals surface area (Å²) in [5.74, 6) is 0.813. The van der Waals surface area contributed by atoms with Crippen LogP contribution in [0.2, 0.25) is 0 Å². The summed E-state index contributed by atoms with van der Waals surface area (Å²) in [5.41, 5.74) is 3.62. The van der Waals surface area contributed by atoms with Gasteiger partial charge in [-0.1, -0.05) is 44.0 Å². The highest BCUT2D eigenvalue weighted by molar-refractivity contribution is 5.58. The lowest BCUT2D eigenvalue weighted by Gasteiger charge is -2.29. The van der Waals surface area contributed by atoms with Gasteiger partial charge < -0.3 is 5.32 Å². The molecule has 1 saturated carbocycles. The number of nitrogens with one attached hydrogen (secondary N) is 2. The van der Waals surface area contributed by atoms with Gasteiger partial charge in [-0.15, -0.1) is 0 Å². The minimum Gasteiger partial charge on any atom is -0.310 e. The summed E-state index contributed by atoms with van der Waals surface area (Å²) in [6.45, 7) is 3.34. The summed E-state index contributed by atoms with van der Waals surface area (Å²) >= 11 is 0. The molecule has 3 rings (SSSR count). The van der Waals surface area contributed by atoms with Crippen LogP contribution in [0, 0.1) is 5.92 Å². The largest absolute Gasteiger partial charge is 0.310 e. The van der Waals surface area contributed by atoms with Crippen LogP contribution in [-0.2, 0) is 6.54 Å². The van der Waals surface area contributed by atoms with Crippen molar-refractivity contribution in [3.05, 3.63) is 42.1 Å². The Morgan fingerprint density at radius 1 is 1.15 bits per heavy atom. The predicted octanol–water partition coefficient (Wildman–Crippen LogP) is 3.75. The van der Waals surface area contributed by atoms with Crippen LogP contribution in [-0.4, -0.2) is 16.2 Å². The number of hydrogen-bond acceptors (Lipinski definition) is 2. The highest BCUT2D eigenvalue weighted by Gasteiger charge is 2.20. The molecule has 0 radical (unpaired) electrons. The van der Waals surface area contributed by atoms with Crippen LogP contribution < -0.4 is 5.32 Å². The predicted molar refractivity (Wildman–Crippen MR) is 82.3 cm³/mol. The van der Waals surface area contributed by atoms with E-state index in [1.165, 1.54) is 36.8 Å². The number of aromatic nitrogens is 2. The molecule has 1 aliphatic rings. The van der Waals surface area contributed by atoms with Gasteiger partial charge in [0.15, 0.2) is 0 Å². The molecule has 0 amide bonds. The molecule has 1 aromatic heterocycles. The Kier molecular flexibility index (Phi) is 4.16. The summed E-state index contributed by atoms with van der Waals surface area (Å²) in [5, 5.41) is 10.7. The molecule has 1 fully saturated rings. The van der Waals surface area contributed by atoms with E-state index >= 15 is 0 Å². The second-order valence-corrected chi connectivity index (χ2v) is 5.92. The van der Waals surface area contributed by atoms with Gasteiger partial charge >= 0.3 is 0 Å². The third-order valence-corrected chi connectivity index (χ3v) is 4.45. The number of aromatic amines is 1. The Balaban J connectivity index is 1.58. The van der Waals surface area contributed by atoms with Gasteiger partial charge in [0.2, 0.25) is 0 Å². The first-order valence-corrected chi connectivity index (χ1v) is 7.65. The van der Waals surface area contributed by atoms with Crippen molar-refractivity contribution in [1.82, 2.24) is 15.5 Å². The number of hydrogen-bond donors (Lipinski definition) is 2. The number of nitrogens with zero attached hydrogens (tertiary/aromatic N) is 1. The van der Waals surface area contributed by atoms with Crippen LogP contribution in [0.15, 0.2) is 36.5 Å². The van der Waals surface area contributed by atoms with E-state index in [0.29, 0.717) is 6.04 Å². The standard InChI is InChI=1S/C17H23N3/c1-13-4-2-3-5-16(13)18-12-14-6-8-15(9-7-14)17-10-11-19-20-17/h6-11,13,16,18H,2-5,12H2,1H3,(H,19,20). The topological polar surface area (TPSA) is 40.7 Å². The molecule has 1 aliphatic carbocycles. The van der Waals surface area contributed by atoms with Crippen molar-refractivity contribution in [2.45, 2.75) is 45.2 Å². The molecule has 1 aromatic carbocycles. The van der Waals surface area contributed by atoms with Gasteiger partial charge in [0, 0.05) is 18.8 Å². The monoisotopic (exact) mass is 269 g/mol. The van der Waals surface area contributed by atoms with Crippen LogP contribution in [0.25, 0.3) is 11.3 Å². The third kappa shape index (κ3) is 3.10. The van der Waals surface area contributed by atoms with Gasteiger partial charge in [-0.3, -0.25) is 5.10 Å². The smallest absolute Gasteiger partial charge is 0.0650 e. The second kappa shape index (κ2) is 6.23. The van der Waals surface area contributed by atoms with Crippen molar-refractivity contribution >= 4 is 0 Å². The Morgan fingerprint density at radius 3 is 2.65 bits per heavy atom. The quantitative estimate of drug-likeness (QED) is 0.887. The van der Waals surface area contributed by atoms with Crippen molar-refractivity contribution in [1.29, 1.82) is 0 Å². The van der Waals surface area contributed by atoms with E-state index in [0.717, 1.165) is 18.2 Å². The molecular formula is C17H23N3. The first-order chi connectivity index (χ1) is 9.83. The molecule has 0 spiro atoms. The Hall–Kier alpha value is -1.61. The SMILES string of the molecule is CC1CCCCC1NCc1ccc(-c2ccn[nH]2)cc1. The van der Waals surface area contributed by atoms with Crippen molar-refractivity contribution in [3.8, 4) is 11.3 Å². The average molecular weight is 269 g/mol. The molecule has 2 unspecified atom stereocenters. The van der Waals surface area contributed by atoms with Crippen molar-refractivity contribution in [2.24, 2.45) is 5.92 Å². The fourth-order valence-electron chi connectivity index (χ4n) is 3.09. The highest BCUT2D eigenvalue weighted by Crippen LogP contribution is 2.24. The molecule has 2 aromatic rings. The minimum atomic E-state index is 0.691. The molecule has 0 aliphatic heterocycles. The Bertz CT molecular complexity index is 516. The maximum atomic E-state index is 3.99. The lowest BCUT2D eigenvalue weighted by molar-refractivity contribution is 0.279. The normalized spacial score (nSPS) is 22.9. The first-order valence-electron chi connectivity index (χ1n) is 7.65. The zero-order valence-corrected chi connectivity index (χ0v) is 12.1. The van der Waals surface area contributed by atoms with Gasteiger partial charge in [0.1, 0.15) is 0 Å². The van der Waals surface area contributed by atoms with Crippen LogP contribution in [0.3, 0.4) is 0 Å². The molecule has 0 saturated heterocycles. The molecule has 3 nitrogen and oxygen atoms in total. The maximum Gasteiger partial charge on any atom is 0.0650 e. The van der Waals surface area contributed by atoms with Gasteiger partial charge in [-0.05, 0) is 36.0 Å². The van der Waals surface area contributed by atoms with Crippen molar-refractivity contribution in [3.63, 3.8) is 0 Å². The van der Waals surface area contributed by atoms with E-state index in [1.54, 1.807) is 6.20 Å². The third-order valence-electron chi connectivity index (χ3n) is 4.45. The van der Waals surface area contributed by atoms with Crippen molar-refractivity contribution < 1.29 is 0 Å². The fourth-order valence-corrected chi connectivity index (χ4v) is 3.09. The summed E-state index contributed by atoms with van der Waals surface area (Å²) < 4.78 is 0. The molecule has 2 atom stereocenters. The molecule has 1 heterocycles. The molecule has 0 bridgehead atoms. The van der Waals surface area contributed by atoms with E-state index < -0.39 is 0 Å². The second-order valence-electron chi connectivity index (χ2n) is 5.92. The van der Waals surface area contributed by atoms with Gasteiger partial charge in [-0.2, -0.15) is 5.10 Å². The van der Waals surface area contributed by atoms with Crippen LogP contribution >= 0.6 is 0 Å². The number of rotatable bonds is 4. The molecule has 106 valence electrons. The van der Waals surface area contributed by atoms with Gasteiger partial charge in [0.05, 0.1) is 5.69 Å². The Morgan fingerprint density at radius 2 is 1.95 bits per heavy atom. The van der Waals surface area contributed by atoms with E-state index in [9.17, 15) is 0 Å². The van der Waals surface area contributed by atoms with Gasteiger partial charge in [-0.25, -0.2) is 0 Å². The van der Waals surface area contributed by atoms with Crippen LogP contribution in [0.1, 0.15) is 38.2 Å². The first kappa shape index (κ1) is 13.4. The zero-order chi connectivity index (χ0) is 13.8. The molecule has 2 N–H and O–H groups in total.